The highest BCUT2D eigenvalue weighted by Crippen LogP contribution is 2.45. The van der Waals surface area contributed by atoms with Crippen molar-refractivity contribution in [3.05, 3.63) is 135 Å². The van der Waals surface area contributed by atoms with Crippen molar-refractivity contribution in [2.75, 3.05) is 0 Å². The van der Waals surface area contributed by atoms with Crippen LogP contribution in [0.25, 0.3) is 11.1 Å². The van der Waals surface area contributed by atoms with Crippen LogP contribution in [-0.2, 0) is 5.54 Å². The minimum Gasteiger partial charge on any atom is -0.149 e. The molecule has 0 amide bonds. The van der Waals surface area contributed by atoms with Crippen molar-refractivity contribution in [2.45, 2.75) is 5.54 Å². The third kappa shape index (κ3) is 3.46. The highest BCUT2D eigenvalue weighted by molar-refractivity contribution is 6.36. The summed E-state index contributed by atoms with van der Waals surface area (Å²) in [6.07, 6.45) is 0. The van der Waals surface area contributed by atoms with Crippen LogP contribution in [0.1, 0.15) is 16.7 Å². The van der Waals surface area contributed by atoms with Gasteiger partial charge in [0.05, 0.1) is 0 Å². The van der Waals surface area contributed by atoms with Crippen molar-refractivity contribution in [1.29, 1.82) is 0 Å². The minimum absolute atomic E-state index is 0.519. The average Bonchev–Trinajstić information content (AvgIpc) is 2.77. The topological polar surface area (TPSA) is 29.4 Å². The Hall–Kier alpha value is -2.94. The van der Waals surface area contributed by atoms with Crippen molar-refractivity contribution in [3.8, 4) is 11.1 Å². The second kappa shape index (κ2) is 8.20. The molecule has 2 nitrogen and oxygen atoms in total. The summed E-state index contributed by atoms with van der Waals surface area (Å²) in [6.45, 7) is 0. The lowest BCUT2D eigenvalue weighted by atomic mass is 9.75. The van der Waals surface area contributed by atoms with E-state index in [0.717, 1.165) is 27.8 Å². The zero-order valence-electron chi connectivity index (χ0n) is 15.4. The van der Waals surface area contributed by atoms with E-state index in [-0.39, 0.29) is 0 Å². The molecule has 0 spiro atoms. The van der Waals surface area contributed by atoms with Crippen LogP contribution in [0.2, 0.25) is 10.0 Å². The van der Waals surface area contributed by atoms with Gasteiger partial charge >= 0.3 is 0 Å². The summed E-state index contributed by atoms with van der Waals surface area (Å²) in [5.41, 5.74) is 2.75. The molecule has 0 N–H and O–H groups in total. The average molecular weight is 418 g/mol. The maximum atomic E-state index is 12.6. The van der Waals surface area contributed by atoms with E-state index < -0.39 is 5.54 Å². The summed E-state index contributed by atoms with van der Waals surface area (Å²) in [7, 11) is 0. The maximum absolute atomic E-state index is 12.6. The molecule has 0 saturated heterocycles. The summed E-state index contributed by atoms with van der Waals surface area (Å²) >= 11 is 12.6. The SMILES string of the molecule is O=NC(c1ccccc1)(c1ccccc1)c1ccccc1-c1ccc(Cl)cc1Cl. The molecule has 142 valence electrons. The van der Waals surface area contributed by atoms with Gasteiger partial charge < -0.3 is 0 Å². The first kappa shape index (κ1) is 19.4. The number of hydrogen-bond donors (Lipinski definition) is 0. The van der Waals surface area contributed by atoms with Crippen LogP contribution in [0.4, 0.5) is 0 Å². The van der Waals surface area contributed by atoms with Crippen molar-refractivity contribution in [2.24, 2.45) is 5.18 Å². The van der Waals surface area contributed by atoms with E-state index in [4.69, 9.17) is 23.2 Å². The Balaban J connectivity index is 2.07. The van der Waals surface area contributed by atoms with Gasteiger partial charge in [0, 0.05) is 15.6 Å². The third-order valence-corrected chi connectivity index (χ3v) is 5.61. The molecule has 0 unspecified atom stereocenters. The molecule has 0 aromatic heterocycles. The first-order valence-corrected chi connectivity index (χ1v) is 9.93. The summed E-state index contributed by atoms with van der Waals surface area (Å²) in [5.74, 6) is 0. The number of halogens is 2. The van der Waals surface area contributed by atoms with Gasteiger partial charge in [0.25, 0.3) is 0 Å². The zero-order chi connectivity index (χ0) is 20.3. The maximum Gasteiger partial charge on any atom is 0.178 e. The van der Waals surface area contributed by atoms with E-state index in [1.54, 1.807) is 12.1 Å². The van der Waals surface area contributed by atoms with Crippen LogP contribution in [-0.4, -0.2) is 0 Å². The molecule has 0 aliphatic heterocycles. The fourth-order valence-corrected chi connectivity index (χ4v) is 4.24. The standard InChI is InChI=1S/C25H17Cl2NO/c26-20-15-16-22(24(27)17-20)21-13-7-8-14-23(21)25(28-29,18-9-3-1-4-10-18)19-11-5-2-6-12-19/h1-17H. The van der Waals surface area contributed by atoms with E-state index in [1.807, 2.05) is 91.0 Å². The molecule has 0 atom stereocenters. The Bertz CT molecular complexity index is 1100. The van der Waals surface area contributed by atoms with Gasteiger partial charge in [0.2, 0.25) is 0 Å². The largest absolute Gasteiger partial charge is 0.178 e. The summed E-state index contributed by atoms with van der Waals surface area (Å²) in [5, 5.41) is 4.82. The van der Waals surface area contributed by atoms with Gasteiger partial charge in [-0.05, 0) is 39.6 Å². The molecule has 29 heavy (non-hydrogen) atoms. The van der Waals surface area contributed by atoms with Gasteiger partial charge in [-0.15, -0.1) is 4.91 Å². The number of rotatable bonds is 5. The molecule has 4 heteroatoms. The highest BCUT2D eigenvalue weighted by Gasteiger charge is 2.40. The molecule has 0 aliphatic rings. The van der Waals surface area contributed by atoms with E-state index in [9.17, 15) is 4.91 Å². The Morgan fingerprint density at radius 2 is 1.17 bits per heavy atom. The fourth-order valence-electron chi connectivity index (χ4n) is 3.73. The molecule has 4 rings (SSSR count). The number of hydrogen-bond acceptors (Lipinski definition) is 2. The molecule has 0 fully saturated rings. The fraction of sp³-hybridized carbons (Fsp3) is 0.0400. The second-order valence-electron chi connectivity index (χ2n) is 6.70. The van der Waals surface area contributed by atoms with Crippen LogP contribution >= 0.6 is 23.2 Å². The first-order valence-electron chi connectivity index (χ1n) is 9.17. The van der Waals surface area contributed by atoms with Crippen LogP contribution in [0.5, 0.6) is 0 Å². The summed E-state index contributed by atoms with van der Waals surface area (Å²) < 4.78 is 0. The van der Waals surface area contributed by atoms with Gasteiger partial charge in [-0.1, -0.05) is 114 Å². The molecule has 0 radical (unpaired) electrons. The molecule has 0 bridgehead atoms. The van der Waals surface area contributed by atoms with E-state index in [2.05, 4.69) is 5.18 Å². The monoisotopic (exact) mass is 417 g/mol. The number of nitroso groups, excluding NO2 is 1. The lowest BCUT2D eigenvalue weighted by Gasteiger charge is -2.30. The molecular formula is C25H17Cl2NO. The van der Waals surface area contributed by atoms with Crippen LogP contribution in [0, 0.1) is 4.91 Å². The van der Waals surface area contributed by atoms with E-state index in [1.165, 1.54) is 0 Å². The zero-order valence-corrected chi connectivity index (χ0v) is 16.9. The number of benzene rings is 4. The predicted octanol–water partition coefficient (Wildman–Crippen LogP) is 7.72. The lowest BCUT2D eigenvalue weighted by molar-refractivity contribution is 0.651. The summed E-state index contributed by atoms with van der Waals surface area (Å²) in [6, 6.07) is 32.3. The van der Waals surface area contributed by atoms with E-state index >= 15 is 0 Å². The van der Waals surface area contributed by atoms with Crippen molar-refractivity contribution in [3.63, 3.8) is 0 Å². The molecule has 0 aliphatic carbocycles. The highest BCUT2D eigenvalue weighted by atomic mass is 35.5. The number of nitrogens with zero attached hydrogens (tertiary/aromatic N) is 1. The van der Waals surface area contributed by atoms with E-state index in [0.29, 0.717) is 10.0 Å². The van der Waals surface area contributed by atoms with Gasteiger partial charge in [-0.3, -0.25) is 0 Å². The third-order valence-electron chi connectivity index (χ3n) is 5.06. The first-order chi connectivity index (χ1) is 14.2. The smallest absolute Gasteiger partial charge is 0.149 e. The van der Waals surface area contributed by atoms with Gasteiger partial charge in [-0.2, -0.15) is 0 Å². The minimum atomic E-state index is -1.22. The van der Waals surface area contributed by atoms with Crippen molar-refractivity contribution < 1.29 is 0 Å². The predicted molar refractivity (Wildman–Crippen MR) is 120 cm³/mol. The second-order valence-corrected chi connectivity index (χ2v) is 7.55. The molecule has 4 aromatic carbocycles. The van der Waals surface area contributed by atoms with Crippen molar-refractivity contribution in [1.82, 2.24) is 0 Å². The van der Waals surface area contributed by atoms with Gasteiger partial charge in [-0.25, -0.2) is 0 Å². The Morgan fingerprint density at radius 1 is 0.621 bits per heavy atom. The lowest BCUT2D eigenvalue weighted by Crippen LogP contribution is -2.27. The van der Waals surface area contributed by atoms with Gasteiger partial charge in [0.1, 0.15) is 0 Å². The van der Waals surface area contributed by atoms with Crippen molar-refractivity contribution >= 4 is 23.2 Å². The molecule has 4 aromatic rings. The van der Waals surface area contributed by atoms with Crippen LogP contribution in [0.15, 0.2) is 108 Å². The molecule has 0 heterocycles. The molecule has 0 saturated carbocycles. The Labute approximate surface area is 179 Å². The van der Waals surface area contributed by atoms with Crippen LogP contribution < -0.4 is 0 Å². The summed E-state index contributed by atoms with van der Waals surface area (Å²) in [4.78, 5) is 12.6. The molecular weight excluding hydrogens is 401 g/mol. The van der Waals surface area contributed by atoms with Gasteiger partial charge in [0.15, 0.2) is 5.54 Å². The van der Waals surface area contributed by atoms with Crippen LogP contribution in [0.3, 0.4) is 0 Å². The normalized spacial score (nSPS) is 11.2. The Kier molecular flexibility index (Phi) is 5.48. The Morgan fingerprint density at radius 3 is 1.72 bits per heavy atom. The quantitative estimate of drug-likeness (QED) is 0.241.